The minimum Gasteiger partial charge on any atom is -0.388 e. The van der Waals surface area contributed by atoms with Gasteiger partial charge in [-0.3, -0.25) is 9.81 Å². The number of benzene rings is 1. The summed E-state index contributed by atoms with van der Waals surface area (Å²) in [6, 6.07) is 9.85. The van der Waals surface area contributed by atoms with Gasteiger partial charge in [0.05, 0.1) is 5.84 Å². The van der Waals surface area contributed by atoms with Gasteiger partial charge < -0.3 is 10.6 Å². The number of nitrogens with zero attached hydrogens (tertiary/aromatic N) is 5. The van der Waals surface area contributed by atoms with Gasteiger partial charge in [-0.25, -0.2) is 4.98 Å². The van der Waals surface area contributed by atoms with Crippen LogP contribution >= 0.6 is 0 Å². The summed E-state index contributed by atoms with van der Waals surface area (Å²) in [7, 11) is 0. The van der Waals surface area contributed by atoms with Crippen LogP contribution in [0.3, 0.4) is 0 Å². The van der Waals surface area contributed by atoms with Crippen LogP contribution in [-0.2, 0) is 0 Å². The predicted molar refractivity (Wildman–Crippen MR) is 80.8 cm³/mol. The number of hydrogen-bond acceptors (Lipinski definition) is 5. The van der Waals surface area contributed by atoms with Crippen LogP contribution in [-0.4, -0.2) is 32.0 Å². The number of anilines is 2. The highest BCUT2D eigenvalue weighted by Gasteiger charge is 2.15. The van der Waals surface area contributed by atoms with E-state index in [1.165, 1.54) is 0 Å². The normalized spacial score (nSPS) is 10.7. The number of nitrogens with one attached hydrogen (secondary N) is 1. The van der Waals surface area contributed by atoms with Gasteiger partial charge in [0.2, 0.25) is 5.65 Å². The first kappa shape index (κ1) is 13.0. The van der Waals surface area contributed by atoms with Crippen molar-refractivity contribution in [3.8, 4) is 0 Å². The second kappa shape index (κ2) is 5.58. The van der Waals surface area contributed by atoms with Crippen molar-refractivity contribution in [2.24, 2.45) is 5.73 Å². The molecule has 0 fully saturated rings. The molecule has 0 radical (unpaired) electrons. The van der Waals surface area contributed by atoms with Crippen molar-refractivity contribution in [2.75, 3.05) is 11.4 Å². The van der Waals surface area contributed by atoms with Gasteiger partial charge in [-0.05, 0) is 12.1 Å². The van der Waals surface area contributed by atoms with Gasteiger partial charge in [0.15, 0.2) is 5.82 Å². The zero-order valence-electron chi connectivity index (χ0n) is 11.3. The molecule has 0 spiro atoms. The van der Waals surface area contributed by atoms with E-state index in [1.807, 2.05) is 39.6 Å². The molecule has 0 saturated heterocycles. The van der Waals surface area contributed by atoms with Crippen molar-refractivity contribution >= 4 is 23.0 Å². The topological polar surface area (TPSA) is 96.2 Å². The van der Waals surface area contributed by atoms with Crippen LogP contribution in [0.5, 0.6) is 0 Å². The zero-order chi connectivity index (χ0) is 14.7. The molecule has 3 aromatic rings. The molecular formula is C14H15N7. The van der Waals surface area contributed by atoms with Crippen LogP contribution in [0.2, 0.25) is 0 Å². The maximum atomic E-state index is 7.44. The standard InChI is InChI=1S/C14H15N7/c15-12(16)6-8-21(11-4-2-1-3-5-11)13-14-19-18-10-20(14)9-7-17-13/h1-5,7,9-10H,6,8H2,(H3,15,16). The third-order valence-corrected chi connectivity index (χ3v) is 3.13. The molecule has 3 N–H and O–H groups in total. The third-order valence-electron chi connectivity index (χ3n) is 3.13. The monoisotopic (exact) mass is 281 g/mol. The smallest absolute Gasteiger partial charge is 0.204 e. The van der Waals surface area contributed by atoms with Crippen molar-refractivity contribution in [1.82, 2.24) is 19.6 Å². The lowest BCUT2D eigenvalue weighted by Crippen LogP contribution is -2.25. The Kier molecular flexibility index (Phi) is 3.46. The Labute approximate surface area is 121 Å². The second-order valence-corrected chi connectivity index (χ2v) is 4.58. The van der Waals surface area contributed by atoms with E-state index in [0.717, 1.165) is 5.69 Å². The maximum Gasteiger partial charge on any atom is 0.204 e. The second-order valence-electron chi connectivity index (χ2n) is 4.58. The van der Waals surface area contributed by atoms with Gasteiger partial charge in [-0.15, -0.1) is 10.2 Å². The lowest BCUT2D eigenvalue weighted by atomic mass is 10.2. The molecule has 21 heavy (non-hydrogen) atoms. The van der Waals surface area contributed by atoms with E-state index in [9.17, 15) is 0 Å². The molecule has 0 atom stereocenters. The Hall–Kier alpha value is -2.96. The summed E-state index contributed by atoms with van der Waals surface area (Å²) in [6.07, 6.45) is 5.59. The lowest BCUT2D eigenvalue weighted by molar-refractivity contribution is 0.925. The van der Waals surface area contributed by atoms with E-state index in [0.29, 0.717) is 24.4 Å². The molecule has 1 aromatic carbocycles. The number of fused-ring (bicyclic) bond motifs is 1. The number of nitrogens with two attached hydrogens (primary N) is 1. The fourth-order valence-electron chi connectivity index (χ4n) is 2.13. The molecular weight excluding hydrogens is 266 g/mol. The molecule has 2 heterocycles. The highest BCUT2D eigenvalue weighted by Crippen LogP contribution is 2.26. The van der Waals surface area contributed by atoms with Crippen LogP contribution < -0.4 is 10.6 Å². The van der Waals surface area contributed by atoms with E-state index in [4.69, 9.17) is 11.1 Å². The van der Waals surface area contributed by atoms with Crippen molar-refractivity contribution < 1.29 is 0 Å². The van der Waals surface area contributed by atoms with Crippen molar-refractivity contribution in [2.45, 2.75) is 6.42 Å². The van der Waals surface area contributed by atoms with Crippen molar-refractivity contribution in [3.05, 3.63) is 49.1 Å². The molecule has 7 nitrogen and oxygen atoms in total. The molecule has 0 aliphatic carbocycles. The van der Waals surface area contributed by atoms with Gasteiger partial charge in [0.1, 0.15) is 6.33 Å². The molecule has 7 heteroatoms. The largest absolute Gasteiger partial charge is 0.388 e. The van der Waals surface area contributed by atoms with Crippen LogP contribution in [0.25, 0.3) is 5.65 Å². The first-order valence-electron chi connectivity index (χ1n) is 6.55. The van der Waals surface area contributed by atoms with Crippen LogP contribution in [0.15, 0.2) is 49.1 Å². The van der Waals surface area contributed by atoms with Gasteiger partial charge in [0.25, 0.3) is 0 Å². The Morgan fingerprint density at radius 2 is 2.10 bits per heavy atom. The lowest BCUT2D eigenvalue weighted by Gasteiger charge is -2.23. The third kappa shape index (κ3) is 2.66. The number of amidine groups is 1. The highest BCUT2D eigenvalue weighted by molar-refractivity contribution is 5.79. The molecule has 0 bridgehead atoms. The number of rotatable bonds is 5. The Balaban J connectivity index is 2.06. The molecule has 2 aromatic heterocycles. The predicted octanol–water partition coefficient (Wildman–Crippen LogP) is 1.59. The first-order valence-corrected chi connectivity index (χ1v) is 6.55. The average molecular weight is 281 g/mol. The van der Waals surface area contributed by atoms with Crippen molar-refractivity contribution in [1.29, 1.82) is 5.41 Å². The summed E-state index contributed by atoms with van der Waals surface area (Å²) in [6.45, 7) is 0.554. The average Bonchev–Trinajstić information content (AvgIpc) is 2.97. The summed E-state index contributed by atoms with van der Waals surface area (Å²) in [5.74, 6) is 0.840. The molecule has 3 rings (SSSR count). The summed E-state index contributed by atoms with van der Waals surface area (Å²) in [5, 5.41) is 15.5. The highest BCUT2D eigenvalue weighted by atomic mass is 15.3. The van der Waals surface area contributed by atoms with E-state index in [-0.39, 0.29) is 5.84 Å². The van der Waals surface area contributed by atoms with Gasteiger partial charge in [-0.1, -0.05) is 18.2 Å². The zero-order valence-corrected chi connectivity index (χ0v) is 11.3. The van der Waals surface area contributed by atoms with Gasteiger partial charge in [-0.2, -0.15) is 0 Å². The summed E-state index contributed by atoms with van der Waals surface area (Å²) < 4.78 is 1.81. The Morgan fingerprint density at radius 3 is 2.86 bits per heavy atom. The molecule has 0 aliphatic rings. The van der Waals surface area contributed by atoms with E-state index >= 15 is 0 Å². The molecule has 106 valence electrons. The quantitative estimate of drug-likeness (QED) is 0.547. The number of hydrogen-bond donors (Lipinski definition) is 2. The minimum atomic E-state index is 0.143. The van der Waals surface area contributed by atoms with Gasteiger partial charge >= 0.3 is 0 Å². The first-order chi connectivity index (χ1) is 10.3. The fraction of sp³-hybridized carbons (Fsp3) is 0.143. The summed E-state index contributed by atoms with van der Waals surface area (Å²) >= 11 is 0. The van der Waals surface area contributed by atoms with Crippen LogP contribution in [0, 0.1) is 5.41 Å². The SMILES string of the molecule is N=C(N)CCN(c1ccccc1)c1nccn2cnnc12. The molecule has 0 saturated carbocycles. The minimum absolute atomic E-state index is 0.143. The maximum absolute atomic E-state index is 7.44. The van der Waals surface area contributed by atoms with E-state index in [1.54, 1.807) is 18.7 Å². The summed E-state index contributed by atoms with van der Waals surface area (Å²) in [5.41, 5.74) is 7.14. The number of aromatic nitrogens is 4. The molecule has 0 unspecified atom stereocenters. The summed E-state index contributed by atoms with van der Waals surface area (Å²) in [4.78, 5) is 6.42. The molecule has 0 aliphatic heterocycles. The fourth-order valence-corrected chi connectivity index (χ4v) is 2.13. The van der Waals surface area contributed by atoms with E-state index in [2.05, 4.69) is 15.2 Å². The van der Waals surface area contributed by atoms with Crippen LogP contribution in [0.1, 0.15) is 6.42 Å². The molecule has 0 amide bonds. The number of para-hydroxylation sites is 1. The van der Waals surface area contributed by atoms with Crippen molar-refractivity contribution in [3.63, 3.8) is 0 Å². The Bertz CT molecular complexity index is 750. The van der Waals surface area contributed by atoms with E-state index < -0.39 is 0 Å². The Morgan fingerprint density at radius 1 is 1.29 bits per heavy atom. The van der Waals surface area contributed by atoms with Crippen LogP contribution in [0.4, 0.5) is 11.5 Å². The van der Waals surface area contributed by atoms with Gasteiger partial charge in [0, 0.05) is 31.0 Å².